The molecule has 96 valence electrons. The van der Waals surface area contributed by atoms with E-state index in [1.54, 1.807) is 19.1 Å². The first kappa shape index (κ1) is 14.3. The highest BCUT2D eigenvalue weighted by atomic mass is 35.5. The molecule has 2 N–H and O–H groups in total. The number of nitrogens with zero attached hydrogens (tertiary/aromatic N) is 1. The van der Waals surface area contributed by atoms with E-state index in [1.165, 1.54) is 10.4 Å². The fraction of sp³-hybridized carbons (Fsp3) is 0.455. The van der Waals surface area contributed by atoms with Gasteiger partial charge in [-0.15, -0.1) is 0 Å². The van der Waals surface area contributed by atoms with Crippen LogP contribution in [0.2, 0.25) is 5.02 Å². The lowest BCUT2D eigenvalue weighted by Crippen LogP contribution is -2.32. The third-order valence-corrected chi connectivity index (χ3v) is 4.94. The summed E-state index contributed by atoms with van der Waals surface area (Å²) in [4.78, 5) is 0.0111. The minimum atomic E-state index is -3.60. The Morgan fingerprint density at radius 3 is 2.47 bits per heavy atom. The summed E-state index contributed by atoms with van der Waals surface area (Å²) in [5.74, 6) is 0. The van der Waals surface area contributed by atoms with E-state index >= 15 is 0 Å². The number of halogens is 1. The topological polar surface area (TPSA) is 63.4 Å². The Morgan fingerprint density at radius 2 is 2.00 bits per heavy atom. The van der Waals surface area contributed by atoms with Gasteiger partial charge in [0.1, 0.15) is 4.90 Å². The quantitative estimate of drug-likeness (QED) is 0.840. The van der Waals surface area contributed by atoms with Gasteiger partial charge in [-0.1, -0.05) is 31.5 Å². The number of sulfonamides is 1. The second kappa shape index (κ2) is 5.71. The number of nitrogen functional groups attached to an aromatic ring is 1. The third kappa shape index (κ3) is 2.91. The molecular weight excluding hydrogens is 260 g/mol. The maximum absolute atomic E-state index is 12.4. The second-order valence-electron chi connectivity index (χ2n) is 3.65. The van der Waals surface area contributed by atoms with Crippen LogP contribution in [0.5, 0.6) is 0 Å². The van der Waals surface area contributed by atoms with Crippen LogP contribution in [0.4, 0.5) is 5.69 Å². The zero-order valence-electron chi connectivity index (χ0n) is 9.98. The zero-order valence-corrected chi connectivity index (χ0v) is 11.6. The van der Waals surface area contributed by atoms with Crippen LogP contribution in [0.3, 0.4) is 0 Å². The van der Waals surface area contributed by atoms with Gasteiger partial charge in [-0.2, -0.15) is 4.31 Å². The maximum Gasteiger partial charge on any atom is 0.246 e. The Labute approximate surface area is 107 Å². The van der Waals surface area contributed by atoms with Gasteiger partial charge in [-0.3, -0.25) is 0 Å². The van der Waals surface area contributed by atoms with Crippen molar-refractivity contribution in [3.05, 3.63) is 23.2 Å². The molecule has 0 amide bonds. The standard InChI is InChI=1S/C11H17ClN2O2S/c1-3-8-14(4-2)17(15,16)11-9(12)6-5-7-10(11)13/h5-7H,3-4,8,13H2,1-2H3. The van der Waals surface area contributed by atoms with Crippen LogP contribution in [0, 0.1) is 0 Å². The molecule has 0 spiro atoms. The molecule has 0 bridgehead atoms. The van der Waals surface area contributed by atoms with E-state index in [0.29, 0.717) is 13.1 Å². The van der Waals surface area contributed by atoms with E-state index in [-0.39, 0.29) is 15.6 Å². The van der Waals surface area contributed by atoms with Gasteiger partial charge in [-0.25, -0.2) is 8.42 Å². The average Bonchev–Trinajstić information content (AvgIpc) is 2.24. The molecule has 0 unspecified atom stereocenters. The molecule has 0 radical (unpaired) electrons. The lowest BCUT2D eigenvalue weighted by Gasteiger charge is -2.21. The van der Waals surface area contributed by atoms with Crippen molar-refractivity contribution in [1.29, 1.82) is 0 Å². The van der Waals surface area contributed by atoms with Gasteiger partial charge in [0, 0.05) is 13.1 Å². The summed E-state index contributed by atoms with van der Waals surface area (Å²) in [6.45, 7) is 4.58. The molecule has 17 heavy (non-hydrogen) atoms. The fourth-order valence-electron chi connectivity index (χ4n) is 1.62. The van der Waals surface area contributed by atoms with Crippen LogP contribution < -0.4 is 5.73 Å². The molecule has 0 saturated carbocycles. The minimum Gasteiger partial charge on any atom is -0.398 e. The van der Waals surface area contributed by atoms with Crippen LogP contribution in [0.25, 0.3) is 0 Å². The molecule has 1 rings (SSSR count). The van der Waals surface area contributed by atoms with Gasteiger partial charge in [0.15, 0.2) is 0 Å². The first-order chi connectivity index (χ1) is 7.95. The van der Waals surface area contributed by atoms with Gasteiger partial charge < -0.3 is 5.73 Å². The molecule has 6 heteroatoms. The van der Waals surface area contributed by atoms with E-state index < -0.39 is 10.0 Å². The average molecular weight is 277 g/mol. The second-order valence-corrected chi connectivity index (χ2v) is 5.94. The maximum atomic E-state index is 12.4. The van der Waals surface area contributed by atoms with E-state index in [2.05, 4.69) is 0 Å². The number of hydrogen-bond donors (Lipinski definition) is 1. The van der Waals surface area contributed by atoms with E-state index in [9.17, 15) is 8.42 Å². The van der Waals surface area contributed by atoms with Crippen molar-refractivity contribution in [3.8, 4) is 0 Å². The molecule has 0 aliphatic heterocycles. The molecule has 0 saturated heterocycles. The molecule has 1 aromatic carbocycles. The summed E-state index contributed by atoms with van der Waals surface area (Å²) >= 11 is 5.93. The van der Waals surface area contributed by atoms with E-state index in [1.807, 2.05) is 6.92 Å². The molecule has 0 heterocycles. The number of hydrogen-bond acceptors (Lipinski definition) is 3. The summed E-state index contributed by atoms with van der Waals surface area (Å²) in [6.07, 6.45) is 0.747. The number of anilines is 1. The van der Waals surface area contributed by atoms with Crippen molar-refractivity contribution in [2.75, 3.05) is 18.8 Å². The predicted molar refractivity (Wildman–Crippen MR) is 70.6 cm³/mol. The Morgan fingerprint density at radius 1 is 1.35 bits per heavy atom. The summed E-state index contributed by atoms with van der Waals surface area (Å²) in [5, 5.41) is 0.166. The van der Waals surface area contributed by atoms with Crippen molar-refractivity contribution in [3.63, 3.8) is 0 Å². The van der Waals surface area contributed by atoms with Gasteiger partial charge in [0.2, 0.25) is 10.0 Å². The monoisotopic (exact) mass is 276 g/mol. The van der Waals surface area contributed by atoms with Crippen LogP contribution in [-0.4, -0.2) is 25.8 Å². The fourth-order valence-corrected chi connectivity index (χ4v) is 3.80. The predicted octanol–water partition coefficient (Wildman–Crippen LogP) is 2.34. The first-order valence-corrected chi connectivity index (χ1v) is 7.31. The SMILES string of the molecule is CCCN(CC)S(=O)(=O)c1c(N)cccc1Cl. The molecular formula is C11H17ClN2O2S. The van der Waals surface area contributed by atoms with Crippen molar-refractivity contribution in [1.82, 2.24) is 4.31 Å². The Kier molecular flexibility index (Phi) is 4.80. The van der Waals surface area contributed by atoms with Crippen LogP contribution in [-0.2, 0) is 10.0 Å². The molecule has 1 aromatic rings. The van der Waals surface area contributed by atoms with E-state index in [0.717, 1.165) is 6.42 Å². The first-order valence-electron chi connectivity index (χ1n) is 5.49. The lowest BCUT2D eigenvalue weighted by molar-refractivity contribution is 0.427. The molecule has 0 aliphatic rings. The molecule has 0 fully saturated rings. The Bertz CT molecular complexity index is 468. The summed E-state index contributed by atoms with van der Waals surface area (Å²) in [7, 11) is -3.60. The van der Waals surface area contributed by atoms with Crippen molar-refractivity contribution in [2.45, 2.75) is 25.2 Å². The highest BCUT2D eigenvalue weighted by molar-refractivity contribution is 7.89. The zero-order chi connectivity index (χ0) is 13.1. The number of rotatable bonds is 5. The Balaban J connectivity index is 3.30. The van der Waals surface area contributed by atoms with Crippen LogP contribution in [0.1, 0.15) is 20.3 Å². The van der Waals surface area contributed by atoms with Crippen LogP contribution in [0.15, 0.2) is 23.1 Å². The lowest BCUT2D eigenvalue weighted by atomic mass is 10.3. The summed E-state index contributed by atoms with van der Waals surface area (Å²) < 4.78 is 26.1. The van der Waals surface area contributed by atoms with Crippen molar-refractivity contribution >= 4 is 27.3 Å². The van der Waals surface area contributed by atoms with Gasteiger partial charge in [0.05, 0.1) is 10.7 Å². The summed E-state index contributed by atoms with van der Waals surface area (Å²) in [5.41, 5.74) is 5.89. The number of benzene rings is 1. The summed E-state index contributed by atoms with van der Waals surface area (Å²) in [6, 6.07) is 4.70. The largest absolute Gasteiger partial charge is 0.398 e. The van der Waals surface area contributed by atoms with Gasteiger partial charge in [-0.05, 0) is 18.6 Å². The molecule has 0 aliphatic carbocycles. The highest BCUT2D eigenvalue weighted by Crippen LogP contribution is 2.29. The highest BCUT2D eigenvalue weighted by Gasteiger charge is 2.26. The molecule has 0 atom stereocenters. The van der Waals surface area contributed by atoms with Crippen LogP contribution >= 0.6 is 11.6 Å². The van der Waals surface area contributed by atoms with Crippen molar-refractivity contribution in [2.24, 2.45) is 0 Å². The van der Waals surface area contributed by atoms with Gasteiger partial charge in [0.25, 0.3) is 0 Å². The number of nitrogens with two attached hydrogens (primary N) is 1. The third-order valence-electron chi connectivity index (χ3n) is 2.42. The normalized spacial score (nSPS) is 12.0. The van der Waals surface area contributed by atoms with Gasteiger partial charge >= 0.3 is 0 Å². The molecule has 4 nitrogen and oxygen atoms in total. The Hall–Kier alpha value is -0.780. The smallest absolute Gasteiger partial charge is 0.246 e. The van der Waals surface area contributed by atoms with Crippen molar-refractivity contribution < 1.29 is 8.42 Å². The molecule has 0 aromatic heterocycles. The van der Waals surface area contributed by atoms with E-state index in [4.69, 9.17) is 17.3 Å². The minimum absolute atomic E-state index is 0.0111.